The first kappa shape index (κ1) is 6.79. The van der Waals surface area contributed by atoms with Crippen LogP contribution in [0.1, 0.15) is 33.6 Å². The fourth-order valence-electron chi connectivity index (χ4n) is 1.21. The molecule has 0 aromatic rings. The van der Waals surface area contributed by atoms with Gasteiger partial charge in [0.1, 0.15) is 12.8 Å². The van der Waals surface area contributed by atoms with Crippen molar-refractivity contribution in [1.82, 2.24) is 0 Å². The van der Waals surface area contributed by atoms with Crippen molar-refractivity contribution in [3.63, 3.8) is 0 Å². The van der Waals surface area contributed by atoms with Gasteiger partial charge in [0.15, 0.2) is 5.54 Å². The summed E-state index contributed by atoms with van der Waals surface area (Å²) in [4.78, 5) is 0. The Morgan fingerprint density at radius 1 is 1.33 bits per heavy atom. The molecule has 0 radical (unpaired) electrons. The molecule has 52 valence electrons. The van der Waals surface area contributed by atoms with Crippen LogP contribution in [0.2, 0.25) is 0 Å². The van der Waals surface area contributed by atoms with Crippen LogP contribution >= 0.6 is 0 Å². The lowest BCUT2D eigenvalue weighted by molar-refractivity contribution is -0.586. The molecule has 1 aliphatic heterocycles. The number of hydrogen-bond acceptors (Lipinski definition) is 0. The molecule has 0 fully saturated rings. The van der Waals surface area contributed by atoms with Crippen molar-refractivity contribution in [2.75, 3.05) is 6.54 Å². The predicted octanol–water partition coefficient (Wildman–Crippen LogP) is 1.66. The van der Waals surface area contributed by atoms with Crippen molar-refractivity contribution in [3.05, 3.63) is 0 Å². The number of nitrogens with zero attached hydrogens (tertiary/aromatic N) is 1. The van der Waals surface area contributed by atoms with E-state index in [0.29, 0.717) is 5.54 Å². The van der Waals surface area contributed by atoms with Crippen LogP contribution in [0.5, 0.6) is 0 Å². The third-order valence-corrected chi connectivity index (χ3v) is 1.81. The molecule has 0 atom stereocenters. The topological polar surface area (TPSA) is 3.01 Å². The highest BCUT2D eigenvalue weighted by Crippen LogP contribution is 2.11. The van der Waals surface area contributed by atoms with E-state index in [2.05, 4.69) is 31.6 Å². The van der Waals surface area contributed by atoms with Gasteiger partial charge in [-0.25, -0.2) is 4.58 Å². The Hall–Kier alpha value is -0.330. The average Bonchev–Trinajstić information content (AvgIpc) is 2.08. The van der Waals surface area contributed by atoms with E-state index in [1.54, 1.807) is 0 Å². The smallest absolute Gasteiger partial charge is 0.153 e. The third-order valence-electron chi connectivity index (χ3n) is 1.81. The standard InChI is InChI=1S/C8H16N/c1-8(2,3)9-6-4-5-7-9/h6H,4-5,7H2,1-3H3/q+1. The van der Waals surface area contributed by atoms with E-state index in [9.17, 15) is 0 Å². The molecule has 1 nitrogen and oxygen atoms in total. The summed E-state index contributed by atoms with van der Waals surface area (Å²) in [7, 11) is 0. The summed E-state index contributed by atoms with van der Waals surface area (Å²) in [6.07, 6.45) is 4.94. The fraction of sp³-hybridized carbons (Fsp3) is 0.875. The van der Waals surface area contributed by atoms with Gasteiger partial charge in [0.05, 0.1) is 0 Å². The van der Waals surface area contributed by atoms with Gasteiger partial charge in [0.2, 0.25) is 0 Å². The van der Waals surface area contributed by atoms with Crippen LogP contribution in [0.3, 0.4) is 0 Å². The van der Waals surface area contributed by atoms with Crippen LogP contribution in [-0.2, 0) is 0 Å². The highest BCUT2D eigenvalue weighted by atomic mass is 15.1. The van der Waals surface area contributed by atoms with Gasteiger partial charge >= 0.3 is 0 Å². The molecule has 0 aliphatic carbocycles. The molecule has 1 rings (SSSR count). The molecule has 0 N–H and O–H groups in total. The van der Waals surface area contributed by atoms with Crippen molar-refractivity contribution in [2.45, 2.75) is 39.2 Å². The SMILES string of the molecule is CC(C)(C)[N+]1=CCCC1. The monoisotopic (exact) mass is 126 g/mol. The van der Waals surface area contributed by atoms with Crippen molar-refractivity contribution < 1.29 is 4.58 Å². The maximum absolute atomic E-state index is 2.42. The quantitative estimate of drug-likeness (QED) is 0.434. The molecule has 0 spiro atoms. The predicted molar refractivity (Wildman–Crippen MR) is 40.2 cm³/mol. The van der Waals surface area contributed by atoms with Gasteiger partial charge in [-0.15, -0.1) is 0 Å². The molecule has 1 heteroatoms. The van der Waals surface area contributed by atoms with Crippen molar-refractivity contribution in [1.29, 1.82) is 0 Å². The van der Waals surface area contributed by atoms with E-state index in [-0.39, 0.29) is 0 Å². The maximum Gasteiger partial charge on any atom is 0.153 e. The second kappa shape index (κ2) is 2.13. The van der Waals surface area contributed by atoms with Crippen molar-refractivity contribution in [3.8, 4) is 0 Å². The zero-order chi connectivity index (χ0) is 6.91. The summed E-state index contributed by atoms with van der Waals surface area (Å²) in [6, 6.07) is 0. The second-order valence-electron chi connectivity index (χ2n) is 3.69. The zero-order valence-corrected chi connectivity index (χ0v) is 6.65. The fourth-order valence-corrected chi connectivity index (χ4v) is 1.21. The Labute approximate surface area is 57.4 Å². The van der Waals surface area contributed by atoms with Gasteiger partial charge in [-0.1, -0.05) is 0 Å². The summed E-state index contributed by atoms with van der Waals surface area (Å²) in [5.74, 6) is 0. The lowest BCUT2D eigenvalue weighted by Gasteiger charge is -2.14. The molecule has 1 aliphatic rings. The first-order valence-electron chi connectivity index (χ1n) is 3.71. The molecule has 0 saturated carbocycles. The van der Waals surface area contributed by atoms with E-state index in [1.165, 1.54) is 19.4 Å². The molecule has 0 unspecified atom stereocenters. The summed E-state index contributed by atoms with van der Waals surface area (Å²) < 4.78 is 2.42. The van der Waals surface area contributed by atoms with Crippen LogP contribution in [-0.4, -0.2) is 22.9 Å². The Morgan fingerprint density at radius 2 is 2.00 bits per heavy atom. The lowest BCUT2D eigenvalue weighted by atomic mass is 10.1. The minimum atomic E-state index is 0.358. The van der Waals surface area contributed by atoms with Gasteiger partial charge < -0.3 is 0 Å². The van der Waals surface area contributed by atoms with E-state index >= 15 is 0 Å². The molecular formula is C8H16N+. The Bertz CT molecular complexity index is 128. The van der Waals surface area contributed by atoms with E-state index in [4.69, 9.17) is 0 Å². The van der Waals surface area contributed by atoms with E-state index in [0.717, 1.165) is 0 Å². The first-order valence-corrected chi connectivity index (χ1v) is 3.71. The van der Waals surface area contributed by atoms with Gasteiger partial charge in [0.25, 0.3) is 0 Å². The van der Waals surface area contributed by atoms with E-state index < -0.39 is 0 Å². The highest BCUT2D eigenvalue weighted by Gasteiger charge is 2.25. The van der Waals surface area contributed by atoms with Crippen LogP contribution in [0.25, 0.3) is 0 Å². The molecule has 0 aromatic heterocycles. The first-order chi connectivity index (χ1) is 4.11. The zero-order valence-electron chi connectivity index (χ0n) is 6.65. The number of rotatable bonds is 0. The molecule has 0 saturated heterocycles. The van der Waals surface area contributed by atoms with Crippen LogP contribution in [0.15, 0.2) is 0 Å². The molecule has 0 bridgehead atoms. The lowest BCUT2D eigenvalue weighted by Crippen LogP contribution is -2.31. The maximum atomic E-state index is 2.42. The Kier molecular flexibility index (Phi) is 1.60. The average molecular weight is 126 g/mol. The summed E-state index contributed by atoms with van der Waals surface area (Å²) in [6.45, 7) is 8.03. The summed E-state index contributed by atoms with van der Waals surface area (Å²) in [5.41, 5.74) is 0.358. The van der Waals surface area contributed by atoms with Crippen molar-refractivity contribution in [2.24, 2.45) is 0 Å². The van der Waals surface area contributed by atoms with Gasteiger partial charge in [-0.2, -0.15) is 0 Å². The molecule has 0 aromatic carbocycles. The van der Waals surface area contributed by atoms with E-state index in [1.807, 2.05) is 0 Å². The highest BCUT2D eigenvalue weighted by molar-refractivity contribution is 5.52. The second-order valence-corrected chi connectivity index (χ2v) is 3.69. The van der Waals surface area contributed by atoms with Gasteiger partial charge in [-0.05, 0) is 20.8 Å². The minimum absolute atomic E-state index is 0.358. The largest absolute Gasteiger partial charge is 0.235 e. The molecule has 9 heavy (non-hydrogen) atoms. The number of hydrogen-bond donors (Lipinski definition) is 0. The van der Waals surface area contributed by atoms with Crippen LogP contribution < -0.4 is 0 Å². The Morgan fingerprint density at radius 3 is 2.22 bits per heavy atom. The van der Waals surface area contributed by atoms with Crippen molar-refractivity contribution >= 4 is 6.21 Å². The van der Waals surface area contributed by atoms with Gasteiger partial charge in [-0.3, -0.25) is 0 Å². The normalized spacial score (nSPS) is 20.1. The van der Waals surface area contributed by atoms with Crippen LogP contribution in [0.4, 0.5) is 0 Å². The summed E-state index contributed by atoms with van der Waals surface area (Å²) >= 11 is 0. The molecule has 0 amide bonds. The van der Waals surface area contributed by atoms with Gasteiger partial charge in [0, 0.05) is 12.8 Å². The molecular weight excluding hydrogens is 110 g/mol. The van der Waals surface area contributed by atoms with Crippen LogP contribution in [0, 0.1) is 0 Å². The summed E-state index contributed by atoms with van der Waals surface area (Å²) in [5, 5.41) is 0. The third kappa shape index (κ3) is 1.54. The Balaban J connectivity index is 2.61. The minimum Gasteiger partial charge on any atom is -0.235 e. The molecule has 1 heterocycles.